The van der Waals surface area contributed by atoms with E-state index in [0.29, 0.717) is 10.0 Å². The van der Waals surface area contributed by atoms with Gasteiger partial charge in [-0.3, -0.25) is 0 Å². The zero-order valence-corrected chi connectivity index (χ0v) is 16.9. The van der Waals surface area contributed by atoms with Crippen LogP contribution in [0.15, 0.2) is 48.5 Å². The van der Waals surface area contributed by atoms with Crippen LogP contribution in [-0.2, 0) is 0 Å². The highest BCUT2D eigenvalue weighted by molar-refractivity contribution is 6.42. The number of benzene rings is 3. The smallest absolute Gasteiger partial charge is 0.0598 e. The minimum Gasteiger partial charge on any atom is -0.383 e. The quantitative estimate of drug-likeness (QED) is 0.320. The minimum atomic E-state index is 0.539. The molecular formula is C21H18Cl3N3. The number of hydrogen-bond acceptors (Lipinski definition) is 2. The molecule has 0 saturated carbocycles. The van der Waals surface area contributed by atoms with E-state index in [0.717, 1.165) is 56.7 Å². The third kappa shape index (κ3) is 3.61. The molecule has 0 amide bonds. The topological polar surface area (TPSA) is 39.8 Å². The summed E-state index contributed by atoms with van der Waals surface area (Å²) in [7, 11) is 1.94. The molecule has 0 aliphatic heterocycles. The van der Waals surface area contributed by atoms with E-state index in [9.17, 15) is 0 Å². The first-order valence-electron chi connectivity index (χ1n) is 8.65. The lowest BCUT2D eigenvalue weighted by Crippen LogP contribution is -2.18. The summed E-state index contributed by atoms with van der Waals surface area (Å²) in [6.45, 7) is 1.67. The summed E-state index contributed by atoms with van der Waals surface area (Å²) in [5.41, 5.74) is 5.23. The number of rotatable bonds is 5. The van der Waals surface area contributed by atoms with Gasteiger partial charge in [-0.15, -0.1) is 0 Å². The first-order valence-corrected chi connectivity index (χ1v) is 9.79. The van der Waals surface area contributed by atoms with Gasteiger partial charge in [-0.05, 0) is 55.1 Å². The zero-order chi connectivity index (χ0) is 19.0. The van der Waals surface area contributed by atoms with Gasteiger partial charge in [0.05, 0.1) is 10.0 Å². The van der Waals surface area contributed by atoms with Crippen LogP contribution in [0.1, 0.15) is 0 Å². The molecule has 0 bridgehead atoms. The van der Waals surface area contributed by atoms with Gasteiger partial charge in [-0.2, -0.15) is 0 Å². The second-order valence-electron chi connectivity index (χ2n) is 6.42. The van der Waals surface area contributed by atoms with E-state index in [-0.39, 0.29) is 0 Å². The second-order valence-corrected chi connectivity index (χ2v) is 7.67. The Morgan fingerprint density at radius 1 is 0.815 bits per heavy atom. The highest BCUT2D eigenvalue weighted by Crippen LogP contribution is 2.38. The average molecular weight is 419 g/mol. The number of nitrogens with one attached hydrogen (secondary N) is 3. The van der Waals surface area contributed by atoms with Crippen molar-refractivity contribution in [3.63, 3.8) is 0 Å². The van der Waals surface area contributed by atoms with E-state index in [4.69, 9.17) is 34.8 Å². The molecule has 4 aromatic rings. The SMILES string of the molecule is CNCCNc1cc2[nH]c3ccc(Cl)cc3c2cc1-c1ccc(Cl)c(Cl)c1. The summed E-state index contributed by atoms with van der Waals surface area (Å²) < 4.78 is 0. The molecule has 6 heteroatoms. The van der Waals surface area contributed by atoms with E-state index in [2.05, 4.69) is 27.8 Å². The molecule has 0 radical (unpaired) electrons. The molecule has 138 valence electrons. The lowest BCUT2D eigenvalue weighted by Gasteiger charge is -2.14. The molecule has 3 aromatic carbocycles. The Labute approximate surface area is 172 Å². The number of fused-ring (bicyclic) bond motifs is 3. The summed E-state index contributed by atoms with van der Waals surface area (Å²) in [6, 6.07) is 15.9. The fourth-order valence-corrected chi connectivity index (χ4v) is 3.76. The molecule has 0 aliphatic rings. The van der Waals surface area contributed by atoms with Crippen molar-refractivity contribution >= 4 is 62.3 Å². The molecular weight excluding hydrogens is 401 g/mol. The highest BCUT2D eigenvalue weighted by atomic mass is 35.5. The van der Waals surface area contributed by atoms with Gasteiger partial charge in [0.15, 0.2) is 0 Å². The molecule has 0 fully saturated rings. The van der Waals surface area contributed by atoms with Crippen LogP contribution >= 0.6 is 34.8 Å². The van der Waals surface area contributed by atoms with Gasteiger partial charge in [0, 0.05) is 51.2 Å². The van der Waals surface area contributed by atoms with Gasteiger partial charge >= 0.3 is 0 Å². The van der Waals surface area contributed by atoms with Gasteiger partial charge in [-0.1, -0.05) is 40.9 Å². The van der Waals surface area contributed by atoms with Crippen molar-refractivity contribution in [2.75, 3.05) is 25.5 Å². The third-order valence-electron chi connectivity index (χ3n) is 4.62. The Hall–Kier alpha value is -1.91. The van der Waals surface area contributed by atoms with Crippen LogP contribution in [0.2, 0.25) is 15.1 Å². The van der Waals surface area contributed by atoms with Gasteiger partial charge in [0.25, 0.3) is 0 Å². The number of halogens is 3. The maximum atomic E-state index is 6.27. The normalized spacial score (nSPS) is 11.4. The van der Waals surface area contributed by atoms with E-state index in [1.165, 1.54) is 0 Å². The monoisotopic (exact) mass is 417 g/mol. The molecule has 3 nitrogen and oxygen atoms in total. The van der Waals surface area contributed by atoms with Crippen LogP contribution in [0.3, 0.4) is 0 Å². The number of aromatic nitrogens is 1. The fraction of sp³-hybridized carbons (Fsp3) is 0.143. The number of likely N-dealkylation sites (N-methyl/N-ethyl adjacent to an activating group) is 1. The van der Waals surface area contributed by atoms with Gasteiger partial charge in [-0.25, -0.2) is 0 Å². The van der Waals surface area contributed by atoms with Crippen LogP contribution < -0.4 is 10.6 Å². The zero-order valence-electron chi connectivity index (χ0n) is 14.7. The molecule has 0 unspecified atom stereocenters. The molecule has 1 heterocycles. The van der Waals surface area contributed by atoms with Crippen molar-refractivity contribution in [2.45, 2.75) is 0 Å². The number of aromatic amines is 1. The molecule has 4 rings (SSSR count). The van der Waals surface area contributed by atoms with Crippen LogP contribution in [0.4, 0.5) is 5.69 Å². The Morgan fingerprint density at radius 3 is 2.41 bits per heavy atom. The van der Waals surface area contributed by atoms with Crippen molar-refractivity contribution in [3.05, 3.63) is 63.6 Å². The van der Waals surface area contributed by atoms with Crippen LogP contribution in [0.5, 0.6) is 0 Å². The molecule has 0 spiro atoms. The third-order valence-corrected chi connectivity index (χ3v) is 5.59. The first kappa shape index (κ1) is 18.5. The first-order chi connectivity index (χ1) is 13.1. The number of anilines is 1. The lowest BCUT2D eigenvalue weighted by atomic mass is 10.0. The number of H-pyrrole nitrogens is 1. The maximum absolute atomic E-state index is 6.27. The summed E-state index contributed by atoms with van der Waals surface area (Å²) in [6.07, 6.45) is 0. The van der Waals surface area contributed by atoms with Crippen molar-refractivity contribution in [2.24, 2.45) is 0 Å². The second kappa shape index (κ2) is 7.61. The van der Waals surface area contributed by atoms with Gasteiger partial charge in [0.1, 0.15) is 0 Å². The molecule has 0 saturated heterocycles. The highest BCUT2D eigenvalue weighted by Gasteiger charge is 2.13. The maximum Gasteiger partial charge on any atom is 0.0598 e. The number of hydrogen-bond donors (Lipinski definition) is 3. The van der Waals surface area contributed by atoms with Crippen LogP contribution in [0.25, 0.3) is 32.9 Å². The Bertz CT molecular complexity index is 1130. The fourth-order valence-electron chi connectivity index (χ4n) is 3.29. The van der Waals surface area contributed by atoms with E-state index in [1.54, 1.807) is 0 Å². The van der Waals surface area contributed by atoms with Crippen molar-refractivity contribution in [3.8, 4) is 11.1 Å². The van der Waals surface area contributed by atoms with Gasteiger partial charge < -0.3 is 15.6 Å². The van der Waals surface area contributed by atoms with Crippen molar-refractivity contribution < 1.29 is 0 Å². The summed E-state index contributed by atoms with van der Waals surface area (Å²) in [5.74, 6) is 0. The van der Waals surface area contributed by atoms with Crippen LogP contribution in [0, 0.1) is 0 Å². The molecule has 0 aliphatic carbocycles. The van der Waals surface area contributed by atoms with Crippen molar-refractivity contribution in [1.82, 2.24) is 10.3 Å². The summed E-state index contributed by atoms with van der Waals surface area (Å²) >= 11 is 18.6. The van der Waals surface area contributed by atoms with E-state index in [1.807, 2.05) is 43.4 Å². The molecule has 27 heavy (non-hydrogen) atoms. The Morgan fingerprint density at radius 2 is 1.63 bits per heavy atom. The molecule has 0 atom stereocenters. The van der Waals surface area contributed by atoms with Gasteiger partial charge in [0.2, 0.25) is 0 Å². The van der Waals surface area contributed by atoms with E-state index >= 15 is 0 Å². The largest absolute Gasteiger partial charge is 0.383 e. The predicted molar refractivity (Wildman–Crippen MR) is 119 cm³/mol. The average Bonchev–Trinajstić information content (AvgIpc) is 3.00. The summed E-state index contributed by atoms with van der Waals surface area (Å²) in [4.78, 5) is 3.47. The predicted octanol–water partition coefficient (Wildman–Crippen LogP) is 6.58. The summed E-state index contributed by atoms with van der Waals surface area (Å²) in [5, 5.41) is 10.7. The van der Waals surface area contributed by atoms with E-state index < -0.39 is 0 Å². The van der Waals surface area contributed by atoms with Crippen molar-refractivity contribution in [1.29, 1.82) is 0 Å². The lowest BCUT2D eigenvalue weighted by molar-refractivity contribution is 0.824. The Balaban J connectivity index is 1.94. The molecule has 3 N–H and O–H groups in total. The van der Waals surface area contributed by atoms with Crippen LogP contribution in [-0.4, -0.2) is 25.1 Å². The molecule has 1 aromatic heterocycles. The Kier molecular flexibility index (Phi) is 5.20. The minimum absolute atomic E-state index is 0.539. The standard InChI is InChI=1S/C21H18Cl3N3/c1-25-6-7-26-20-11-21-16(15-9-13(22)3-5-19(15)27-21)10-14(20)12-2-4-17(23)18(24)8-12/h2-5,8-11,25-27H,6-7H2,1H3.